The zero-order valence-electron chi connectivity index (χ0n) is 22.4. The van der Waals surface area contributed by atoms with Crippen LogP contribution in [0.15, 0.2) is 36.7 Å². The minimum atomic E-state index is -4.24. The number of rotatable bonds is 10. The standard InChI is InChI=1S/C24H32N7O8P/c1-13(2)37-19(32)14(3)30-40(34,39-15-8-6-5-7-9-15)36-11-24-10-35-23(4,20(24)33)21(38-24)31-12-27-16-17(25)28-22(26)29-18(16)31/h5-9,12-14,20-21,33H,10-11H2,1-4H3,(H,30,34)(H4,25,26,28,29)/t14?,20-,21+,23+,24+,40?/m0/s1. The summed E-state index contributed by atoms with van der Waals surface area (Å²) in [7, 11) is -4.24. The highest BCUT2D eigenvalue weighted by Crippen LogP contribution is 2.55. The Bertz CT molecular complexity index is 1460. The predicted octanol–water partition coefficient (Wildman–Crippen LogP) is 1.54. The van der Waals surface area contributed by atoms with Crippen molar-refractivity contribution in [2.75, 3.05) is 24.7 Å². The Labute approximate surface area is 229 Å². The fourth-order valence-corrected chi connectivity index (χ4v) is 6.29. The van der Waals surface area contributed by atoms with Crippen LogP contribution in [0, 0.1) is 0 Å². The number of fused-ring (bicyclic) bond motifs is 3. The average molecular weight is 578 g/mol. The number of hydrogen-bond donors (Lipinski definition) is 4. The number of nitrogen functional groups attached to an aromatic ring is 2. The molecule has 2 aliphatic heterocycles. The van der Waals surface area contributed by atoms with Crippen molar-refractivity contribution in [1.29, 1.82) is 0 Å². The van der Waals surface area contributed by atoms with Crippen LogP contribution in [-0.2, 0) is 28.1 Å². The molecule has 216 valence electrons. The van der Waals surface area contributed by atoms with Crippen molar-refractivity contribution in [2.24, 2.45) is 0 Å². The fourth-order valence-electron chi connectivity index (χ4n) is 4.75. The van der Waals surface area contributed by atoms with Crippen LogP contribution in [-0.4, -0.2) is 73.3 Å². The van der Waals surface area contributed by atoms with Crippen LogP contribution in [0.3, 0.4) is 0 Å². The summed E-state index contributed by atoms with van der Waals surface area (Å²) in [6.07, 6.45) is -1.11. The molecule has 6 atom stereocenters. The number of hydrogen-bond acceptors (Lipinski definition) is 13. The Morgan fingerprint density at radius 1 is 1.27 bits per heavy atom. The highest BCUT2D eigenvalue weighted by molar-refractivity contribution is 7.52. The number of benzene rings is 1. The van der Waals surface area contributed by atoms with E-state index in [4.69, 9.17) is 34.7 Å². The minimum absolute atomic E-state index is 0.0604. The number of nitrogens with two attached hydrogens (primary N) is 2. The second kappa shape index (κ2) is 10.3. The largest absolute Gasteiger partial charge is 0.462 e. The fraction of sp³-hybridized carbons (Fsp3) is 0.500. The average Bonchev–Trinajstić information content (AvgIpc) is 3.48. The molecule has 15 nitrogen and oxygen atoms in total. The molecule has 16 heteroatoms. The van der Waals surface area contributed by atoms with E-state index in [9.17, 15) is 14.5 Å². The van der Waals surface area contributed by atoms with Crippen LogP contribution in [0.25, 0.3) is 11.2 Å². The molecule has 0 amide bonds. The topological polar surface area (TPSA) is 208 Å². The Hall–Kier alpha value is -3.33. The van der Waals surface area contributed by atoms with Gasteiger partial charge in [-0.2, -0.15) is 15.1 Å². The number of para-hydroxylation sites is 1. The van der Waals surface area contributed by atoms with Crippen molar-refractivity contribution >= 4 is 36.6 Å². The third-order valence-corrected chi connectivity index (χ3v) is 8.35. The number of aliphatic hydroxyl groups excluding tert-OH is 1. The molecule has 2 unspecified atom stereocenters. The number of carbonyl (C=O) groups excluding carboxylic acids is 1. The lowest BCUT2D eigenvalue weighted by molar-refractivity contribution is -0.209. The maximum absolute atomic E-state index is 14.0. The summed E-state index contributed by atoms with van der Waals surface area (Å²) in [6, 6.07) is 7.27. The molecule has 0 aliphatic carbocycles. The first-order chi connectivity index (χ1) is 18.9. The molecule has 5 rings (SSSR count). The van der Waals surface area contributed by atoms with Crippen molar-refractivity contribution < 1.29 is 37.7 Å². The summed E-state index contributed by atoms with van der Waals surface area (Å²) >= 11 is 0. The van der Waals surface area contributed by atoms with Crippen molar-refractivity contribution in [1.82, 2.24) is 24.6 Å². The van der Waals surface area contributed by atoms with Crippen molar-refractivity contribution in [3.05, 3.63) is 36.7 Å². The van der Waals surface area contributed by atoms with E-state index in [1.54, 1.807) is 51.1 Å². The van der Waals surface area contributed by atoms with E-state index in [1.807, 2.05) is 0 Å². The molecule has 4 heterocycles. The first-order valence-electron chi connectivity index (χ1n) is 12.6. The molecule has 2 aromatic heterocycles. The van der Waals surface area contributed by atoms with Gasteiger partial charge in [-0.3, -0.25) is 13.9 Å². The molecule has 40 heavy (non-hydrogen) atoms. The monoisotopic (exact) mass is 577 g/mol. The van der Waals surface area contributed by atoms with Gasteiger partial charge in [0.05, 0.1) is 25.6 Å². The quantitative estimate of drug-likeness (QED) is 0.199. The van der Waals surface area contributed by atoms with Crippen LogP contribution >= 0.6 is 7.75 Å². The van der Waals surface area contributed by atoms with Gasteiger partial charge in [0, 0.05) is 0 Å². The van der Waals surface area contributed by atoms with Crippen LogP contribution in [0.4, 0.5) is 11.8 Å². The Morgan fingerprint density at radius 2 is 2.00 bits per heavy atom. The molecule has 0 radical (unpaired) electrons. The maximum Gasteiger partial charge on any atom is 0.459 e. The van der Waals surface area contributed by atoms with Gasteiger partial charge in [0.25, 0.3) is 0 Å². The Morgan fingerprint density at radius 3 is 2.70 bits per heavy atom. The molecule has 2 bridgehead atoms. The molecule has 0 saturated carbocycles. The number of carbonyl (C=O) groups is 1. The van der Waals surface area contributed by atoms with Crippen molar-refractivity contribution in [2.45, 2.75) is 63.4 Å². The van der Waals surface area contributed by atoms with Crippen LogP contribution in [0.2, 0.25) is 0 Å². The smallest absolute Gasteiger partial charge is 0.459 e. The lowest BCUT2D eigenvalue weighted by atomic mass is 9.92. The summed E-state index contributed by atoms with van der Waals surface area (Å²) in [5.74, 6) is -0.382. The molecule has 6 N–H and O–H groups in total. The summed E-state index contributed by atoms with van der Waals surface area (Å²) in [6.45, 7) is 6.04. The van der Waals surface area contributed by atoms with Gasteiger partial charge >= 0.3 is 13.7 Å². The zero-order valence-corrected chi connectivity index (χ0v) is 23.3. The second-order valence-electron chi connectivity index (χ2n) is 10.2. The molecular weight excluding hydrogens is 545 g/mol. The van der Waals surface area contributed by atoms with Crippen molar-refractivity contribution in [3.8, 4) is 5.75 Å². The van der Waals surface area contributed by atoms with E-state index in [2.05, 4.69) is 20.0 Å². The number of nitrogens with one attached hydrogen (secondary N) is 1. The van der Waals surface area contributed by atoms with Gasteiger partial charge in [-0.15, -0.1) is 0 Å². The third kappa shape index (κ3) is 5.00. The number of esters is 1. The Kier molecular flexibility index (Phi) is 7.23. The molecule has 2 saturated heterocycles. The van der Waals surface area contributed by atoms with E-state index < -0.39 is 49.9 Å². The first kappa shape index (κ1) is 28.2. The van der Waals surface area contributed by atoms with Crippen LogP contribution < -0.4 is 21.1 Å². The van der Waals surface area contributed by atoms with E-state index in [1.165, 1.54) is 17.8 Å². The lowest BCUT2D eigenvalue weighted by Crippen LogP contribution is -2.46. The third-order valence-electron chi connectivity index (χ3n) is 6.73. The van der Waals surface area contributed by atoms with Crippen LogP contribution in [0.1, 0.15) is 33.9 Å². The summed E-state index contributed by atoms with van der Waals surface area (Å²) in [5, 5.41) is 14.0. The SMILES string of the molecule is CC(C)OC(=O)C(C)NP(=O)(OC[C@]12CO[C@](C)([C@@H]1O)[C@H](n1cnc3c(N)nc(N)nc31)O2)Oc1ccccc1. The highest BCUT2D eigenvalue weighted by atomic mass is 31.2. The summed E-state index contributed by atoms with van der Waals surface area (Å²) < 4.78 is 44.6. The number of aromatic nitrogens is 4. The second-order valence-corrected chi connectivity index (χ2v) is 11.9. The van der Waals surface area contributed by atoms with Gasteiger partial charge in [0.2, 0.25) is 5.95 Å². The van der Waals surface area contributed by atoms with Gasteiger partial charge in [0.1, 0.15) is 34.6 Å². The van der Waals surface area contributed by atoms with Gasteiger partial charge in [-0.25, -0.2) is 9.55 Å². The molecule has 2 aliphatic rings. The molecule has 1 aromatic carbocycles. The number of aliphatic hydroxyl groups is 1. The van der Waals surface area contributed by atoms with Gasteiger partial charge in [-0.1, -0.05) is 18.2 Å². The zero-order chi connectivity index (χ0) is 28.9. The maximum atomic E-state index is 14.0. The predicted molar refractivity (Wildman–Crippen MR) is 142 cm³/mol. The van der Waals surface area contributed by atoms with Crippen molar-refractivity contribution in [3.63, 3.8) is 0 Å². The Balaban J connectivity index is 1.41. The highest BCUT2D eigenvalue weighted by Gasteiger charge is 2.69. The van der Waals surface area contributed by atoms with E-state index >= 15 is 0 Å². The van der Waals surface area contributed by atoms with Crippen LogP contribution in [0.5, 0.6) is 5.75 Å². The van der Waals surface area contributed by atoms with E-state index in [-0.39, 0.29) is 35.9 Å². The summed E-state index contributed by atoms with van der Waals surface area (Å²) in [4.78, 5) is 24.9. The lowest BCUT2D eigenvalue weighted by Gasteiger charge is -2.34. The van der Waals surface area contributed by atoms with E-state index in [0.717, 1.165) is 0 Å². The van der Waals surface area contributed by atoms with E-state index in [0.29, 0.717) is 5.52 Å². The number of anilines is 2. The minimum Gasteiger partial charge on any atom is -0.462 e. The molecule has 0 spiro atoms. The van der Waals surface area contributed by atoms with Gasteiger partial charge < -0.3 is 35.3 Å². The molecule has 3 aromatic rings. The van der Waals surface area contributed by atoms with Gasteiger partial charge in [-0.05, 0) is 39.8 Å². The number of ether oxygens (including phenoxy) is 3. The summed E-state index contributed by atoms with van der Waals surface area (Å²) in [5.41, 5.74) is 9.60. The molecular formula is C24H32N7O8P. The normalized spacial score (nSPS) is 28.1. The van der Waals surface area contributed by atoms with Gasteiger partial charge in [0.15, 0.2) is 17.7 Å². The molecule has 2 fully saturated rings. The number of imidazole rings is 1. The first-order valence-corrected chi connectivity index (χ1v) is 14.1. The number of nitrogens with zero attached hydrogens (tertiary/aromatic N) is 4.